The third-order valence-electron chi connectivity index (χ3n) is 4.41. The molecule has 1 N–H and O–H groups in total. The van der Waals surface area contributed by atoms with Gasteiger partial charge in [-0.15, -0.1) is 0 Å². The van der Waals surface area contributed by atoms with Gasteiger partial charge < -0.3 is 10.2 Å². The summed E-state index contributed by atoms with van der Waals surface area (Å²) in [6.45, 7) is 2.83. The molecule has 1 amide bonds. The molecule has 0 spiro atoms. The molecule has 138 valence electrons. The maximum Gasteiger partial charge on any atom is 0.270 e. The number of carbonyl (C=O) groups is 1. The Morgan fingerprint density at radius 3 is 2.56 bits per heavy atom. The van der Waals surface area contributed by atoms with E-state index in [1.807, 2.05) is 75.6 Å². The number of benzene rings is 2. The van der Waals surface area contributed by atoms with Crippen LogP contribution in [0.2, 0.25) is 0 Å². The van der Waals surface area contributed by atoms with Gasteiger partial charge in [-0.25, -0.2) is 0 Å². The molecule has 1 aromatic heterocycles. The fourth-order valence-electron chi connectivity index (χ4n) is 3.11. The largest absolute Gasteiger partial charge is 0.344 e. The van der Waals surface area contributed by atoms with Gasteiger partial charge >= 0.3 is 0 Å². The third kappa shape index (κ3) is 4.80. The average Bonchev–Trinajstić information content (AvgIpc) is 2.68. The van der Waals surface area contributed by atoms with Crippen molar-refractivity contribution < 1.29 is 4.79 Å². The molecule has 0 bridgehead atoms. The maximum absolute atomic E-state index is 12.9. The highest BCUT2D eigenvalue weighted by atomic mass is 16.1. The van der Waals surface area contributed by atoms with Crippen LogP contribution in [-0.4, -0.2) is 29.9 Å². The molecule has 4 heteroatoms. The van der Waals surface area contributed by atoms with Crippen molar-refractivity contribution >= 4 is 5.91 Å². The summed E-state index contributed by atoms with van der Waals surface area (Å²) in [5, 5.41) is 3.06. The molecule has 0 unspecified atom stereocenters. The van der Waals surface area contributed by atoms with Gasteiger partial charge in [0.1, 0.15) is 5.69 Å². The molecular weight excluding hydrogens is 334 g/mol. The Hall–Kier alpha value is -2.98. The predicted octanol–water partition coefficient (Wildman–Crippen LogP) is 4.30. The molecule has 0 aliphatic carbocycles. The SMILES string of the molecule is C[C@@H](NC(=O)c1ncccc1-c1cccc(CN(C)C)c1)c1ccccc1. The van der Waals surface area contributed by atoms with Crippen LogP contribution in [0, 0.1) is 0 Å². The van der Waals surface area contributed by atoms with Crippen molar-refractivity contribution in [3.8, 4) is 11.1 Å². The summed E-state index contributed by atoms with van der Waals surface area (Å²) in [4.78, 5) is 19.4. The highest BCUT2D eigenvalue weighted by molar-refractivity contribution is 5.99. The number of carbonyl (C=O) groups excluding carboxylic acids is 1. The monoisotopic (exact) mass is 359 g/mol. The summed E-state index contributed by atoms with van der Waals surface area (Å²) in [6, 6.07) is 21.9. The van der Waals surface area contributed by atoms with Crippen LogP contribution in [0.15, 0.2) is 72.9 Å². The summed E-state index contributed by atoms with van der Waals surface area (Å²) in [5.41, 5.74) is 4.56. The van der Waals surface area contributed by atoms with Crippen LogP contribution in [0.5, 0.6) is 0 Å². The highest BCUT2D eigenvalue weighted by Gasteiger charge is 2.17. The van der Waals surface area contributed by atoms with E-state index in [0.29, 0.717) is 5.69 Å². The number of aromatic nitrogens is 1. The van der Waals surface area contributed by atoms with Crippen LogP contribution in [0.3, 0.4) is 0 Å². The second kappa shape index (κ2) is 8.60. The van der Waals surface area contributed by atoms with E-state index in [-0.39, 0.29) is 11.9 Å². The molecule has 0 radical (unpaired) electrons. The lowest BCUT2D eigenvalue weighted by molar-refractivity contribution is 0.0935. The molecule has 0 saturated carbocycles. The lowest BCUT2D eigenvalue weighted by atomic mass is 10.0. The van der Waals surface area contributed by atoms with Crippen molar-refractivity contribution in [2.75, 3.05) is 14.1 Å². The lowest BCUT2D eigenvalue weighted by Crippen LogP contribution is -2.28. The van der Waals surface area contributed by atoms with Gasteiger partial charge in [0, 0.05) is 18.3 Å². The molecule has 1 atom stereocenters. The van der Waals surface area contributed by atoms with Gasteiger partial charge in [-0.2, -0.15) is 0 Å². The number of nitrogens with zero attached hydrogens (tertiary/aromatic N) is 2. The van der Waals surface area contributed by atoms with E-state index < -0.39 is 0 Å². The minimum Gasteiger partial charge on any atom is -0.344 e. The molecule has 4 nitrogen and oxygen atoms in total. The van der Waals surface area contributed by atoms with Crippen LogP contribution in [0.4, 0.5) is 0 Å². The first-order chi connectivity index (χ1) is 13.0. The summed E-state index contributed by atoms with van der Waals surface area (Å²) >= 11 is 0. The van der Waals surface area contributed by atoms with E-state index in [2.05, 4.69) is 27.3 Å². The van der Waals surface area contributed by atoms with Gasteiger partial charge in [0.05, 0.1) is 6.04 Å². The summed E-state index contributed by atoms with van der Waals surface area (Å²) in [6.07, 6.45) is 1.66. The maximum atomic E-state index is 12.9. The molecule has 0 fully saturated rings. The first-order valence-electron chi connectivity index (χ1n) is 9.09. The van der Waals surface area contributed by atoms with Gasteiger partial charge in [-0.3, -0.25) is 9.78 Å². The third-order valence-corrected chi connectivity index (χ3v) is 4.41. The van der Waals surface area contributed by atoms with Crippen molar-refractivity contribution in [3.05, 3.63) is 89.7 Å². The number of rotatable bonds is 6. The fraction of sp³-hybridized carbons (Fsp3) is 0.217. The van der Waals surface area contributed by atoms with E-state index in [1.165, 1.54) is 5.56 Å². The van der Waals surface area contributed by atoms with Crippen molar-refractivity contribution in [1.29, 1.82) is 0 Å². The fourth-order valence-corrected chi connectivity index (χ4v) is 3.11. The Kier molecular flexibility index (Phi) is 5.99. The van der Waals surface area contributed by atoms with E-state index in [4.69, 9.17) is 0 Å². The smallest absolute Gasteiger partial charge is 0.270 e. The Bertz CT molecular complexity index is 906. The average molecular weight is 359 g/mol. The molecule has 27 heavy (non-hydrogen) atoms. The normalized spacial score (nSPS) is 12.0. The molecule has 3 rings (SSSR count). The highest BCUT2D eigenvalue weighted by Crippen LogP contribution is 2.24. The van der Waals surface area contributed by atoms with Crippen molar-refractivity contribution in [2.45, 2.75) is 19.5 Å². The molecule has 0 aliphatic rings. The predicted molar refractivity (Wildman–Crippen MR) is 109 cm³/mol. The van der Waals surface area contributed by atoms with E-state index >= 15 is 0 Å². The van der Waals surface area contributed by atoms with Gasteiger partial charge in [0.2, 0.25) is 0 Å². The van der Waals surface area contributed by atoms with Gasteiger partial charge in [0.15, 0.2) is 0 Å². The lowest BCUT2D eigenvalue weighted by Gasteiger charge is -2.16. The summed E-state index contributed by atoms with van der Waals surface area (Å²) in [5.74, 6) is -0.167. The molecule has 1 heterocycles. The van der Waals surface area contributed by atoms with E-state index in [0.717, 1.165) is 23.2 Å². The van der Waals surface area contributed by atoms with Crippen LogP contribution >= 0.6 is 0 Å². The van der Waals surface area contributed by atoms with Crippen LogP contribution in [0.1, 0.15) is 34.6 Å². The standard InChI is InChI=1S/C23H25N3O/c1-17(19-10-5-4-6-11-19)25-23(27)22-21(13-8-14-24-22)20-12-7-9-18(15-20)16-26(2)3/h4-15,17H,16H2,1-3H3,(H,25,27)/t17-/m1/s1. The van der Waals surface area contributed by atoms with Crippen LogP contribution < -0.4 is 5.32 Å². The summed E-state index contributed by atoms with van der Waals surface area (Å²) in [7, 11) is 4.08. The van der Waals surface area contributed by atoms with Gasteiger partial charge in [-0.05, 0) is 49.8 Å². The van der Waals surface area contributed by atoms with Crippen molar-refractivity contribution in [1.82, 2.24) is 15.2 Å². The second-order valence-corrected chi connectivity index (χ2v) is 6.94. The van der Waals surface area contributed by atoms with Crippen molar-refractivity contribution in [2.24, 2.45) is 0 Å². The molecule has 0 aliphatic heterocycles. The molecule has 3 aromatic rings. The topological polar surface area (TPSA) is 45.2 Å². The van der Waals surface area contributed by atoms with E-state index in [1.54, 1.807) is 6.20 Å². The zero-order valence-corrected chi connectivity index (χ0v) is 16.0. The first kappa shape index (κ1) is 18.8. The number of amides is 1. The molecule has 0 saturated heterocycles. The minimum atomic E-state index is -0.167. The Labute approximate surface area is 160 Å². The number of hydrogen-bond acceptors (Lipinski definition) is 3. The number of pyridine rings is 1. The van der Waals surface area contributed by atoms with E-state index in [9.17, 15) is 4.79 Å². The molecule has 2 aromatic carbocycles. The zero-order chi connectivity index (χ0) is 19.2. The molecular formula is C23H25N3O. The van der Waals surface area contributed by atoms with Gasteiger partial charge in [-0.1, -0.05) is 54.6 Å². The minimum absolute atomic E-state index is 0.0892. The Morgan fingerprint density at radius 2 is 1.81 bits per heavy atom. The quantitative estimate of drug-likeness (QED) is 0.714. The summed E-state index contributed by atoms with van der Waals surface area (Å²) < 4.78 is 0. The first-order valence-corrected chi connectivity index (χ1v) is 9.09. The Balaban J connectivity index is 1.87. The van der Waals surface area contributed by atoms with Crippen molar-refractivity contribution in [3.63, 3.8) is 0 Å². The second-order valence-electron chi connectivity index (χ2n) is 6.94. The van der Waals surface area contributed by atoms with Crippen LogP contribution in [0.25, 0.3) is 11.1 Å². The Morgan fingerprint density at radius 1 is 1.04 bits per heavy atom. The van der Waals surface area contributed by atoms with Gasteiger partial charge in [0.25, 0.3) is 5.91 Å². The zero-order valence-electron chi connectivity index (χ0n) is 16.0. The number of nitrogens with one attached hydrogen (secondary N) is 1. The number of hydrogen-bond donors (Lipinski definition) is 1. The van der Waals surface area contributed by atoms with Crippen LogP contribution in [-0.2, 0) is 6.54 Å².